The number of ether oxygens (including phenoxy) is 1. The molecule has 2 bridgehead atoms. The van der Waals surface area contributed by atoms with Gasteiger partial charge in [-0.05, 0) is 12.0 Å². The molecule has 5 nitrogen and oxygen atoms in total. The van der Waals surface area contributed by atoms with Gasteiger partial charge in [-0.15, -0.1) is 0 Å². The normalized spacial score (nSPS) is 35.2. The quantitative estimate of drug-likeness (QED) is 0.845. The molecule has 22 heavy (non-hydrogen) atoms. The standard InChI is InChI=1S/C17H17NO4/c19-15-14-13(16(20)21)12-6-8-17(14,22-12)10-18(15)9-7-11-4-2-1-3-5-11/h1-6,8,12-14H,7,9-10H2,(H,20,21)/t12-,13-,14-,17-/m1/s1. The topological polar surface area (TPSA) is 66.8 Å². The van der Waals surface area contributed by atoms with Crippen LogP contribution in [0.3, 0.4) is 0 Å². The highest BCUT2D eigenvalue weighted by atomic mass is 16.5. The number of rotatable bonds is 4. The molecular weight excluding hydrogens is 282 g/mol. The van der Waals surface area contributed by atoms with Crippen LogP contribution in [-0.4, -0.2) is 46.7 Å². The lowest BCUT2D eigenvalue weighted by Gasteiger charge is -2.21. The summed E-state index contributed by atoms with van der Waals surface area (Å²) in [7, 11) is 0. The van der Waals surface area contributed by atoms with E-state index in [4.69, 9.17) is 4.74 Å². The minimum atomic E-state index is -0.945. The highest BCUT2D eigenvalue weighted by molar-refractivity contribution is 5.90. The second-order valence-electron chi connectivity index (χ2n) is 6.23. The van der Waals surface area contributed by atoms with Crippen molar-refractivity contribution in [3.63, 3.8) is 0 Å². The van der Waals surface area contributed by atoms with Crippen LogP contribution in [0.1, 0.15) is 5.56 Å². The van der Waals surface area contributed by atoms with Gasteiger partial charge in [0.2, 0.25) is 5.91 Å². The molecule has 0 aromatic heterocycles. The Labute approximate surface area is 128 Å². The zero-order chi connectivity index (χ0) is 15.3. The number of aliphatic carboxylic acids is 1. The van der Waals surface area contributed by atoms with E-state index in [9.17, 15) is 14.7 Å². The first-order valence-corrected chi connectivity index (χ1v) is 7.53. The summed E-state index contributed by atoms with van der Waals surface area (Å²) in [5.74, 6) is -2.36. The predicted molar refractivity (Wildman–Crippen MR) is 78.1 cm³/mol. The van der Waals surface area contributed by atoms with Gasteiger partial charge >= 0.3 is 5.97 Å². The number of likely N-dealkylation sites (tertiary alicyclic amines) is 1. The first kappa shape index (κ1) is 13.5. The fraction of sp³-hybridized carbons (Fsp3) is 0.412. The van der Waals surface area contributed by atoms with Gasteiger partial charge in [0.1, 0.15) is 11.5 Å². The molecule has 2 fully saturated rings. The van der Waals surface area contributed by atoms with Crippen molar-refractivity contribution in [1.29, 1.82) is 0 Å². The van der Waals surface area contributed by atoms with Crippen LogP contribution in [0.2, 0.25) is 0 Å². The van der Waals surface area contributed by atoms with Crippen molar-refractivity contribution in [2.24, 2.45) is 11.8 Å². The smallest absolute Gasteiger partial charge is 0.310 e. The number of hydrogen-bond acceptors (Lipinski definition) is 3. The summed E-state index contributed by atoms with van der Waals surface area (Å²) < 4.78 is 5.86. The van der Waals surface area contributed by atoms with E-state index in [1.54, 1.807) is 11.0 Å². The summed E-state index contributed by atoms with van der Waals surface area (Å²) in [6.07, 6.45) is 3.99. The fourth-order valence-electron chi connectivity index (χ4n) is 3.96. The predicted octanol–water partition coefficient (Wildman–Crippen LogP) is 1.10. The fourth-order valence-corrected chi connectivity index (χ4v) is 3.96. The Hall–Kier alpha value is -2.14. The number of carboxylic acids is 1. The van der Waals surface area contributed by atoms with Crippen molar-refractivity contribution >= 4 is 11.9 Å². The molecule has 0 unspecified atom stereocenters. The van der Waals surface area contributed by atoms with Crippen molar-refractivity contribution in [1.82, 2.24) is 4.90 Å². The molecule has 1 aromatic carbocycles. The second-order valence-corrected chi connectivity index (χ2v) is 6.23. The number of nitrogens with zero attached hydrogens (tertiary/aromatic N) is 1. The number of carboxylic acid groups (broad SMARTS) is 1. The summed E-state index contributed by atoms with van der Waals surface area (Å²) in [5, 5.41) is 9.41. The third-order valence-electron chi connectivity index (χ3n) is 4.98. The Kier molecular flexibility index (Phi) is 2.87. The lowest BCUT2D eigenvalue weighted by molar-refractivity contribution is -0.148. The molecule has 2 saturated heterocycles. The lowest BCUT2D eigenvalue weighted by atomic mass is 9.77. The molecule has 3 aliphatic rings. The van der Waals surface area contributed by atoms with Gasteiger partial charge in [-0.2, -0.15) is 0 Å². The molecule has 114 valence electrons. The molecular formula is C17H17NO4. The highest BCUT2D eigenvalue weighted by Crippen LogP contribution is 2.51. The van der Waals surface area contributed by atoms with Gasteiger partial charge in [0, 0.05) is 6.54 Å². The van der Waals surface area contributed by atoms with E-state index in [1.165, 1.54) is 5.56 Å². The molecule has 0 aliphatic carbocycles. The molecule has 1 N–H and O–H groups in total. The Morgan fingerprint density at radius 3 is 2.86 bits per heavy atom. The summed E-state index contributed by atoms with van der Waals surface area (Å²) in [4.78, 5) is 25.9. The molecule has 0 radical (unpaired) electrons. The van der Waals surface area contributed by atoms with Gasteiger partial charge in [-0.25, -0.2) is 0 Å². The van der Waals surface area contributed by atoms with Crippen LogP contribution in [0.15, 0.2) is 42.5 Å². The summed E-state index contributed by atoms with van der Waals surface area (Å²) in [6, 6.07) is 9.97. The SMILES string of the molecule is O=C(O)[C@@H]1[C@H]2C=C[C@]3(CN(CCc4ccccc4)C(=O)[C@@H]13)O2. The van der Waals surface area contributed by atoms with Crippen LogP contribution in [0.25, 0.3) is 0 Å². The number of amides is 1. The molecule has 3 aliphatic heterocycles. The van der Waals surface area contributed by atoms with Gasteiger partial charge in [-0.3, -0.25) is 9.59 Å². The number of benzene rings is 1. The van der Waals surface area contributed by atoms with Gasteiger partial charge in [0.15, 0.2) is 0 Å². The maximum absolute atomic E-state index is 12.7. The molecule has 5 heteroatoms. The Morgan fingerprint density at radius 2 is 2.14 bits per heavy atom. The first-order valence-electron chi connectivity index (χ1n) is 7.53. The van der Waals surface area contributed by atoms with E-state index in [0.717, 1.165) is 6.42 Å². The van der Waals surface area contributed by atoms with E-state index in [0.29, 0.717) is 13.1 Å². The minimum absolute atomic E-state index is 0.0878. The van der Waals surface area contributed by atoms with Crippen LogP contribution < -0.4 is 0 Å². The van der Waals surface area contributed by atoms with E-state index in [-0.39, 0.29) is 5.91 Å². The van der Waals surface area contributed by atoms with Gasteiger partial charge in [0.05, 0.1) is 18.6 Å². The monoisotopic (exact) mass is 299 g/mol. The van der Waals surface area contributed by atoms with E-state index in [1.807, 2.05) is 36.4 Å². The maximum atomic E-state index is 12.7. The van der Waals surface area contributed by atoms with Crippen molar-refractivity contribution < 1.29 is 19.4 Å². The average molecular weight is 299 g/mol. The maximum Gasteiger partial charge on any atom is 0.310 e. The number of carbonyl (C=O) groups is 2. The molecule has 4 atom stereocenters. The van der Waals surface area contributed by atoms with Gasteiger partial charge < -0.3 is 14.7 Å². The zero-order valence-corrected chi connectivity index (χ0v) is 12.0. The molecule has 0 saturated carbocycles. The number of hydrogen-bond donors (Lipinski definition) is 1. The third-order valence-corrected chi connectivity index (χ3v) is 4.98. The van der Waals surface area contributed by atoms with E-state index in [2.05, 4.69) is 0 Å². The van der Waals surface area contributed by atoms with Crippen LogP contribution >= 0.6 is 0 Å². The number of fused-ring (bicyclic) bond motifs is 1. The summed E-state index contributed by atoms with van der Waals surface area (Å²) in [6.45, 7) is 1.05. The van der Waals surface area contributed by atoms with Crippen LogP contribution in [-0.2, 0) is 20.7 Å². The summed E-state index contributed by atoms with van der Waals surface area (Å²) in [5.41, 5.74) is 0.446. The summed E-state index contributed by atoms with van der Waals surface area (Å²) >= 11 is 0. The zero-order valence-electron chi connectivity index (χ0n) is 12.0. The second kappa shape index (κ2) is 4.68. The largest absolute Gasteiger partial charge is 0.481 e. The van der Waals surface area contributed by atoms with E-state index < -0.39 is 29.5 Å². The Bertz CT molecular complexity index is 656. The molecule has 1 spiro atoms. The molecule has 1 amide bonds. The molecule has 4 rings (SSSR count). The first-order chi connectivity index (χ1) is 10.6. The molecule has 3 heterocycles. The van der Waals surface area contributed by atoms with Crippen molar-refractivity contribution in [3.05, 3.63) is 48.0 Å². The van der Waals surface area contributed by atoms with Gasteiger partial charge in [-0.1, -0.05) is 42.5 Å². The van der Waals surface area contributed by atoms with Crippen molar-refractivity contribution in [3.8, 4) is 0 Å². The van der Waals surface area contributed by atoms with Crippen molar-refractivity contribution in [2.45, 2.75) is 18.1 Å². The van der Waals surface area contributed by atoms with Crippen LogP contribution in [0, 0.1) is 11.8 Å². The minimum Gasteiger partial charge on any atom is -0.481 e. The highest BCUT2D eigenvalue weighted by Gasteiger charge is 2.66. The van der Waals surface area contributed by atoms with Crippen LogP contribution in [0.5, 0.6) is 0 Å². The average Bonchev–Trinajstić information content (AvgIpc) is 3.14. The van der Waals surface area contributed by atoms with Crippen molar-refractivity contribution in [2.75, 3.05) is 13.1 Å². The Balaban J connectivity index is 1.53. The third kappa shape index (κ3) is 1.82. The Morgan fingerprint density at radius 1 is 1.36 bits per heavy atom. The van der Waals surface area contributed by atoms with Crippen LogP contribution in [0.4, 0.5) is 0 Å². The van der Waals surface area contributed by atoms with E-state index >= 15 is 0 Å². The molecule has 1 aromatic rings. The number of carbonyl (C=O) groups excluding carboxylic acids is 1. The van der Waals surface area contributed by atoms with Gasteiger partial charge in [0.25, 0.3) is 0 Å². The lowest BCUT2D eigenvalue weighted by Crippen LogP contribution is -2.39.